The topological polar surface area (TPSA) is 84.3 Å². The first-order chi connectivity index (χ1) is 14.5. The zero-order valence-corrected chi connectivity index (χ0v) is 18.1. The van der Waals surface area contributed by atoms with Crippen molar-refractivity contribution in [1.29, 1.82) is 0 Å². The van der Waals surface area contributed by atoms with E-state index in [1.54, 1.807) is 23.7 Å². The number of carbonyl (C=O) groups is 1. The van der Waals surface area contributed by atoms with E-state index >= 15 is 0 Å². The summed E-state index contributed by atoms with van der Waals surface area (Å²) in [5, 5.41) is 9.00. The zero-order valence-electron chi connectivity index (χ0n) is 16.5. The molecule has 2 aromatic heterocycles. The van der Waals surface area contributed by atoms with Gasteiger partial charge in [0.25, 0.3) is 10.0 Å². The molecule has 1 N–H and O–H groups in total. The predicted molar refractivity (Wildman–Crippen MR) is 115 cm³/mol. The van der Waals surface area contributed by atoms with E-state index in [4.69, 9.17) is 0 Å². The van der Waals surface area contributed by atoms with Gasteiger partial charge in [-0.2, -0.15) is 9.40 Å². The van der Waals surface area contributed by atoms with E-state index < -0.39 is 10.0 Å². The Hall–Kier alpha value is -2.49. The maximum Gasteiger partial charge on any atom is 0.252 e. The van der Waals surface area contributed by atoms with Crippen molar-refractivity contribution >= 4 is 27.3 Å². The van der Waals surface area contributed by atoms with Crippen LogP contribution in [0.2, 0.25) is 0 Å². The number of nitrogens with one attached hydrogen (secondary N) is 1. The van der Waals surface area contributed by atoms with Crippen LogP contribution < -0.4 is 5.32 Å². The van der Waals surface area contributed by atoms with Crippen LogP contribution in [0.1, 0.15) is 24.0 Å². The van der Waals surface area contributed by atoms with Gasteiger partial charge >= 0.3 is 0 Å². The molecule has 0 spiro atoms. The minimum Gasteiger partial charge on any atom is -0.352 e. The molecule has 0 aliphatic carbocycles. The molecule has 30 heavy (non-hydrogen) atoms. The number of thiophene rings is 1. The molecule has 1 atom stereocenters. The van der Waals surface area contributed by atoms with Gasteiger partial charge in [0.2, 0.25) is 5.91 Å². The Labute approximate surface area is 180 Å². The number of aromatic nitrogens is 2. The van der Waals surface area contributed by atoms with Crippen molar-refractivity contribution in [2.24, 2.45) is 5.92 Å². The number of hydrogen-bond acceptors (Lipinski definition) is 5. The minimum absolute atomic E-state index is 0.102. The Bertz CT molecular complexity index is 1080. The van der Waals surface area contributed by atoms with Crippen LogP contribution in [0.25, 0.3) is 0 Å². The van der Waals surface area contributed by atoms with Crippen LogP contribution in [-0.2, 0) is 27.9 Å². The molecule has 158 valence electrons. The molecule has 7 nitrogen and oxygen atoms in total. The zero-order chi connectivity index (χ0) is 21.0. The first kappa shape index (κ1) is 20.8. The highest BCUT2D eigenvalue weighted by Crippen LogP contribution is 2.26. The fourth-order valence-electron chi connectivity index (χ4n) is 3.69. The number of hydrogen-bond donors (Lipinski definition) is 1. The Morgan fingerprint density at radius 2 is 2.00 bits per heavy atom. The minimum atomic E-state index is -3.53. The van der Waals surface area contributed by atoms with E-state index in [9.17, 15) is 13.2 Å². The number of rotatable bonds is 7. The summed E-state index contributed by atoms with van der Waals surface area (Å²) in [6.45, 7) is 1.72. The fourth-order valence-corrected chi connectivity index (χ4v) is 6.36. The second-order valence-electron chi connectivity index (χ2n) is 7.32. The van der Waals surface area contributed by atoms with Crippen LogP contribution in [0.3, 0.4) is 0 Å². The number of benzene rings is 1. The van der Waals surface area contributed by atoms with Crippen molar-refractivity contribution in [3.05, 3.63) is 71.4 Å². The average molecular weight is 445 g/mol. The molecule has 1 aliphatic heterocycles. The third-order valence-corrected chi connectivity index (χ3v) is 8.55. The summed E-state index contributed by atoms with van der Waals surface area (Å²) in [5.74, 6) is -0.443. The molecule has 1 fully saturated rings. The number of carbonyl (C=O) groups excluding carboxylic acids is 1. The van der Waals surface area contributed by atoms with Crippen molar-refractivity contribution in [1.82, 2.24) is 19.4 Å². The summed E-state index contributed by atoms with van der Waals surface area (Å²) in [7, 11) is -3.53. The summed E-state index contributed by atoms with van der Waals surface area (Å²) < 4.78 is 29.2. The number of nitrogens with zero attached hydrogens (tertiary/aromatic N) is 3. The van der Waals surface area contributed by atoms with Gasteiger partial charge in [0.05, 0.1) is 12.5 Å². The lowest BCUT2D eigenvalue weighted by molar-refractivity contribution is -0.126. The van der Waals surface area contributed by atoms with Gasteiger partial charge in [-0.1, -0.05) is 30.3 Å². The van der Waals surface area contributed by atoms with Gasteiger partial charge in [-0.3, -0.25) is 9.48 Å². The summed E-state index contributed by atoms with van der Waals surface area (Å²) in [4.78, 5) is 12.8. The standard InChI is InChI=1S/C21H24N4O3S2/c26-21(19-8-3-12-25(16-19)30(27,28)20-9-4-13-29-20)22-14-17-6-1-2-7-18(17)15-24-11-5-10-23-24/h1-2,4-7,9-11,13,19H,3,8,12,14-16H2,(H,22,26)/t19-/m0/s1. The van der Waals surface area contributed by atoms with Gasteiger partial charge in [-0.15, -0.1) is 11.3 Å². The van der Waals surface area contributed by atoms with E-state index in [0.29, 0.717) is 36.7 Å². The molecular formula is C21H24N4O3S2. The Morgan fingerprint density at radius 3 is 2.73 bits per heavy atom. The molecule has 0 saturated carbocycles. The molecule has 3 aromatic rings. The lowest BCUT2D eigenvalue weighted by atomic mass is 9.98. The van der Waals surface area contributed by atoms with Crippen LogP contribution in [0.5, 0.6) is 0 Å². The first-order valence-corrected chi connectivity index (χ1v) is 12.2. The highest BCUT2D eigenvalue weighted by atomic mass is 32.2. The first-order valence-electron chi connectivity index (χ1n) is 9.89. The predicted octanol–water partition coefficient (Wildman–Crippen LogP) is 2.71. The molecule has 9 heteroatoms. The summed E-state index contributed by atoms with van der Waals surface area (Å²) >= 11 is 1.21. The van der Waals surface area contributed by atoms with E-state index in [0.717, 1.165) is 11.1 Å². The van der Waals surface area contributed by atoms with Gasteiger partial charge in [0, 0.05) is 32.0 Å². The molecule has 0 unspecified atom stereocenters. The van der Waals surface area contributed by atoms with Gasteiger partial charge in [-0.25, -0.2) is 8.42 Å². The molecule has 1 saturated heterocycles. The third-order valence-electron chi connectivity index (χ3n) is 5.31. The summed E-state index contributed by atoms with van der Waals surface area (Å²) in [6.07, 6.45) is 5.01. The van der Waals surface area contributed by atoms with Crippen LogP contribution in [0, 0.1) is 5.92 Å². The molecule has 1 aromatic carbocycles. The van der Waals surface area contributed by atoms with Gasteiger partial charge < -0.3 is 5.32 Å². The van der Waals surface area contributed by atoms with Crippen molar-refractivity contribution in [2.75, 3.05) is 13.1 Å². The maximum atomic E-state index is 12.8. The Kier molecular flexibility index (Phi) is 6.31. The molecule has 3 heterocycles. The molecular weight excluding hydrogens is 420 g/mol. The van der Waals surface area contributed by atoms with E-state index in [1.165, 1.54) is 15.6 Å². The number of sulfonamides is 1. The second kappa shape index (κ2) is 9.11. The SMILES string of the molecule is O=C(NCc1ccccc1Cn1cccn1)[C@H]1CCCN(S(=O)(=O)c2cccs2)C1. The van der Waals surface area contributed by atoms with Crippen molar-refractivity contribution in [2.45, 2.75) is 30.1 Å². The monoisotopic (exact) mass is 444 g/mol. The molecule has 1 amide bonds. The van der Waals surface area contributed by atoms with Crippen molar-refractivity contribution in [3.8, 4) is 0 Å². The van der Waals surface area contributed by atoms with Crippen LogP contribution >= 0.6 is 11.3 Å². The highest BCUT2D eigenvalue weighted by Gasteiger charge is 2.33. The van der Waals surface area contributed by atoms with E-state index in [-0.39, 0.29) is 18.4 Å². The normalized spacial score (nSPS) is 17.7. The third kappa shape index (κ3) is 4.63. The molecule has 1 aliphatic rings. The molecule has 4 rings (SSSR count). The molecule has 0 radical (unpaired) electrons. The molecule has 0 bridgehead atoms. The second-order valence-corrected chi connectivity index (χ2v) is 10.4. The lowest BCUT2D eigenvalue weighted by Crippen LogP contribution is -2.45. The Morgan fingerprint density at radius 1 is 1.17 bits per heavy atom. The van der Waals surface area contributed by atoms with Crippen LogP contribution in [0.15, 0.2) is 64.4 Å². The van der Waals surface area contributed by atoms with Crippen molar-refractivity contribution in [3.63, 3.8) is 0 Å². The van der Waals surface area contributed by atoms with Gasteiger partial charge in [0.1, 0.15) is 4.21 Å². The highest BCUT2D eigenvalue weighted by molar-refractivity contribution is 7.91. The largest absolute Gasteiger partial charge is 0.352 e. The van der Waals surface area contributed by atoms with Gasteiger partial charge in [0.15, 0.2) is 0 Å². The van der Waals surface area contributed by atoms with E-state index in [1.807, 2.05) is 41.2 Å². The quantitative estimate of drug-likeness (QED) is 0.607. The fraction of sp³-hybridized carbons (Fsp3) is 0.333. The smallest absolute Gasteiger partial charge is 0.252 e. The maximum absolute atomic E-state index is 12.8. The number of piperidine rings is 1. The van der Waals surface area contributed by atoms with Crippen LogP contribution in [0.4, 0.5) is 0 Å². The van der Waals surface area contributed by atoms with Crippen LogP contribution in [-0.4, -0.2) is 41.5 Å². The van der Waals surface area contributed by atoms with E-state index in [2.05, 4.69) is 10.4 Å². The van der Waals surface area contributed by atoms with Crippen molar-refractivity contribution < 1.29 is 13.2 Å². The van der Waals surface area contributed by atoms with Gasteiger partial charge in [-0.05, 0) is 41.5 Å². The summed E-state index contributed by atoms with van der Waals surface area (Å²) in [5.41, 5.74) is 2.12. The lowest BCUT2D eigenvalue weighted by Gasteiger charge is -2.30. The Balaban J connectivity index is 1.39. The average Bonchev–Trinajstić information content (AvgIpc) is 3.48. The number of amides is 1. The summed E-state index contributed by atoms with van der Waals surface area (Å²) in [6, 6.07) is 13.2.